The van der Waals surface area contributed by atoms with Gasteiger partial charge in [0.2, 0.25) is 5.91 Å². The van der Waals surface area contributed by atoms with Gasteiger partial charge in [-0.15, -0.1) is 11.3 Å². The van der Waals surface area contributed by atoms with Gasteiger partial charge in [0, 0.05) is 18.7 Å². The van der Waals surface area contributed by atoms with Crippen LogP contribution in [-0.2, 0) is 21.4 Å². The minimum atomic E-state index is -3.62. The Morgan fingerprint density at radius 1 is 1.32 bits per heavy atom. The fourth-order valence-electron chi connectivity index (χ4n) is 2.96. The molecule has 1 saturated heterocycles. The summed E-state index contributed by atoms with van der Waals surface area (Å²) in [6.45, 7) is 0.666. The van der Waals surface area contributed by atoms with E-state index in [4.69, 9.17) is 4.74 Å². The Bertz CT molecular complexity index is 834. The van der Waals surface area contributed by atoms with Gasteiger partial charge in [-0.25, -0.2) is 8.42 Å². The number of ether oxygens (including phenoxy) is 1. The molecule has 6 nitrogen and oxygen atoms in total. The number of sulfonamides is 1. The number of amides is 1. The van der Waals surface area contributed by atoms with Crippen LogP contribution in [0.2, 0.25) is 0 Å². The average molecular weight is 380 g/mol. The number of hydrogen-bond acceptors (Lipinski definition) is 5. The first-order valence-electron chi connectivity index (χ1n) is 7.99. The molecule has 1 aromatic heterocycles. The van der Waals surface area contributed by atoms with E-state index in [-0.39, 0.29) is 10.1 Å². The van der Waals surface area contributed by atoms with Gasteiger partial charge in [-0.2, -0.15) is 4.31 Å². The van der Waals surface area contributed by atoms with Crippen molar-refractivity contribution >= 4 is 27.3 Å². The number of hydrogen-bond donors (Lipinski definition) is 1. The maximum atomic E-state index is 12.7. The van der Waals surface area contributed by atoms with Crippen LogP contribution in [0.5, 0.6) is 5.75 Å². The normalized spacial score (nSPS) is 18.2. The number of thiophene rings is 1. The second kappa shape index (κ2) is 7.55. The Hall–Kier alpha value is -1.90. The van der Waals surface area contributed by atoms with Gasteiger partial charge in [-0.1, -0.05) is 24.3 Å². The van der Waals surface area contributed by atoms with Gasteiger partial charge in [-0.05, 0) is 30.4 Å². The minimum Gasteiger partial charge on any atom is -0.496 e. The molecule has 1 atom stereocenters. The summed E-state index contributed by atoms with van der Waals surface area (Å²) in [4.78, 5) is 12.6. The van der Waals surface area contributed by atoms with E-state index < -0.39 is 16.1 Å². The van der Waals surface area contributed by atoms with Crippen molar-refractivity contribution in [1.29, 1.82) is 0 Å². The van der Waals surface area contributed by atoms with E-state index in [1.54, 1.807) is 24.6 Å². The summed E-state index contributed by atoms with van der Waals surface area (Å²) in [5.41, 5.74) is 0.851. The summed E-state index contributed by atoms with van der Waals surface area (Å²) in [6.07, 6.45) is 1.21. The Balaban J connectivity index is 1.71. The van der Waals surface area contributed by atoms with E-state index in [1.165, 1.54) is 15.6 Å². The fraction of sp³-hybridized carbons (Fsp3) is 0.353. The molecule has 1 amide bonds. The summed E-state index contributed by atoms with van der Waals surface area (Å²) in [7, 11) is -2.04. The number of carbonyl (C=O) groups is 1. The van der Waals surface area contributed by atoms with E-state index in [1.807, 2.05) is 24.3 Å². The van der Waals surface area contributed by atoms with Crippen molar-refractivity contribution < 1.29 is 17.9 Å². The van der Waals surface area contributed by atoms with Gasteiger partial charge in [-0.3, -0.25) is 4.79 Å². The van der Waals surface area contributed by atoms with Crippen LogP contribution in [0.3, 0.4) is 0 Å². The minimum absolute atomic E-state index is 0.275. The topological polar surface area (TPSA) is 75.7 Å². The van der Waals surface area contributed by atoms with Crippen LogP contribution in [-0.4, -0.2) is 38.3 Å². The highest BCUT2D eigenvalue weighted by Gasteiger charge is 2.39. The molecular weight excluding hydrogens is 360 g/mol. The Kier molecular flexibility index (Phi) is 5.41. The summed E-state index contributed by atoms with van der Waals surface area (Å²) in [5, 5.41) is 4.56. The lowest BCUT2D eigenvalue weighted by Gasteiger charge is -2.22. The highest BCUT2D eigenvalue weighted by molar-refractivity contribution is 7.91. The van der Waals surface area contributed by atoms with Crippen molar-refractivity contribution in [3.05, 3.63) is 47.3 Å². The van der Waals surface area contributed by atoms with Crippen molar-refractivity contribution in [1.82, 2.24) is 9.62 Å². The molecule has 2 heterocycles. The third-order valence-corrected chi connectivity index (χ3v) is 7.49. The van der Waals surface area contributed by atoms with Crippen molar-refractivity contribution in [2.24, 2.45) is 0 Å². The summed E-state index contributed by atoms with van der Waals surface area (Å²) >= 11 is 1.17. The van der Waals surface area contributed by atoms with Gasteiger partial charge in [0.05, 0.1) is 7.11 Å². The predicted octanol–water partition coefficient (Wildman–Crippen LogP) is 2.23. The van der Waals surface area contributed by atoms with Gasteiger partial charge < -0.3 is 10.1 Å². The third kappa shape index (κ3) is 3.70. The van der Waals surface area contributed by atoms with Crippen LogP contribution in [0.1, 0.15) is 18.4 Å². The molecule has 25 heavy (non-hydrogen) atoms. The molecule has 0 radical (unpaired) electrons. The van der Waals surface area contributed by atoms with Crippen LogP contribution in [0, 0.1) is 0 Å². The number of para-hydroxylation sites is 1. The zero-order valence-corrected chi connectivity index (χ0v) is 15.5. The molecule has 0 unspecified atom stereocenters. The Morgan fingerprint density at radius 2 is 2.12 bits per heavy atom. The molecule has 0 spiro atoms. The Labute approximate surface area is 151 Å². The lowest BCUT2D eigenvalue weighted by molar-refractivity contribution is -0.124. The summed E-state index contributed by atoms with van der Waals surface area (Å²) < 4.78 is 32.3. The highest BCUT2D eigenvalue weighted by atomic mass is 32.2. The zero-order chi connectivity index (χ0) is 17.9. The summed E-state index contributed by atoms with van der Waals surface area (Å²) in [5.74, 6) is 0.417. The number of nitrogens with zero attached hydrogens (tertiary/aromatic N) is 1. The van der Waals surface area contributed by atoms with Crippen LogP contribution < -0.4 is 10.1 Å². The SMILES string of the molecule is COc1ccccc1CNC(=O)[C@H]1CCCN1S(=O)(=O)c1cccs1. The number of carbonyl (C=O) groups excluding carboxylic acids is 1. The second-order valence-electron chi connectivity index (χ2n) is 5.74. The molecule has 1 fully saturated rings. The first-order valence-corrected chi connectivity index (χ1v) is 10.3. The van der Waals surface area contributed by atoms with Crippen molar-refractivity contribution in [3.8, 4) is 5.75 Å². The number of rotatable bonds is 6. The molecule has 8 heteroatoms. The largest absolute Gasteiger partial charge is 0.496 e. The van der Waals surface area contributed by atoms with Crippen LogP contribution in [0.4, 0.5) is 0 Å². The number of methoxy groups -OCH3 is 1. The van der Waals surface area contributed by atoms with E-state index in [0.29, 0.717) is 31.7 Å². The highest BCUT2D eigenvalue weighted by Crippen LogP contribution is 2.28. The molecule has 1 aromatic carbocycles. The molecule has 0 bridgehead atoms. The fourth-order valence-corrected chi connectivity index (χ4v) is 5.74. The molecule has 0 aliphatic carbocycles. The molecule has 134 valence electrons. The van der Waals surface area contributed by atoms with Gasteiger partial charge in [0.25, 0.3) is 10.0 Å². The molecular formula is C17H20N2O4S2. The molecule has 3 rings (SSSR count). The van der Waals surface area contributed by atoms with E-state index in [2.05, 4.69) is 5.32 Å². The maximum Gasteiger partial charge on any atom is 0.253 e. The number of benzene rings is 1. The predicted molar refractivity (Wildman–Crippen MR) is 96.1 cm³/mol. The monoisotopic (exact) mass is 380 g/mol. The van der Waals surface area contributed by atoms with Crippen molar-refractivity contribution in [3.63, 3.8) is 0 Å². The van der Waals surface area contributed by atoms with E-state index >= 15 is 0 Å². The standard InChI is InChI=1S/C17H20N2O4S2/c1-23-15-8-3-2-6-13(15)12-18-17(20)14-7-4-10-19(14)25(21,22)16-9-5-11-24-16/h2-3,5-6,8-9,11,14H,4,7,10,12H2,1H3,(H,18,20)/t14-/m1/s1. The molecule has 2 aromatic rings. The van der Waals surface area contributed by atoms with E-state index in [0.717, 1.165) is 5.56 Å². The van der Waals surface area contributed by atoms with Crippen LogP contribution in [0.15, 0.2) is 46.0 Å². The number of nitrogens with one attached hydrogen (secondary N) is 1. The third-order valence-electron chi connectivity index (χ3n) is 4.21. The van der Waals surface area contributed by atoms with Gasteiger partial charge in [0.1, 0.15) is 16.0 Å². The van der Waals surface area contributed by atoms with Crippen LogP contribution in [0.25, 0.3) is 0 Å². The first kappa shape index (κ1) is 17.9. The molecule has 1 aliphatic rings. The zero-order valence-electron chi connectivity index (χ0n) is 13.8. The molecule has 0 saturated carbocycles. The van der Waals surface area contributed by atoms with Crippen molar-refractivity contribution in [2.75, 3.05) is 13.7 Å². The molecule has 1 aliphatic heterocycles. The van der Waals surface area contributed by atoms with Crippen LogP contribution >= 0.6 is 11.3 Å². The first-order chi connectivity index (χ1) is 12.0. The molecule has 1 N–H and O–H groups in total. The second-order valence-corrected chi connectivity index (χ2v) is 8.80. The average Bonchev–Trinajstić information content (AvgIpc) is 3.31. The maximum absolute atomic E-state index is 12.7. The summed E-state index contributed by atoms with van der Waals surface area (Å²) in [6, 6.07) is 10.0. The Morgan fingerprint density at radius 3 is 2.84 bits per heavy atom. The van der Waals surface area contributed by atoms with Gasteiger partial charge in [0.15, 0.2) is 0 Å². The van der Waals surface area contributed by atoms with E-state index in [9.17, 15) is 13.2 Å². The quantitative estimate of drug-likeness (QED) is 0.834. The van der Waals surface area contributed by atoms with Crippen molar-refractivity contribution in [2.45, 2.75) is 29.6 Å². The van der Waals surface area contributed by atoms with Gasteiger partial charge >= 0.3 is 0 Å². The lowest BCUT2D eigenvalue weighted by Crippen LogP contribution is -2.45. The smallest absolute Gasteiger partial charge is 0.253 e. The lowest BCUT2D eigenvalue weighted by atomic mass is 10.2.